The Balaban J connectivity index is 1.73. The van der Waals surface area contributed by atoms with Crippen molar-refractivity contribution < 1.29 is 14.3 Å². The molecule has 160 valence electrons. The van der Waals surface area contributed by atoms with Gasteiger partial charge < -0.3 is 9.47 Å². The molecule has 0 radical (unpaired) electrons. The molecule has 1 amide bonds. The number of benzene rings is 3. The molecule has 31 heavy (non-hydrogen) atoms. The van der Waals surface area contributed by atoms with Gasteiger partial charge in [-0.15, -0.1) is 0 Å². The smallest absolute Gasteiger partial charge is 0.271 e. The van der Waals surface area contributed by atoms with E-state index in [1.165, 1.54) is 0 Å². The predicted molar refractivity (Wildman–Crippen MR) is 140 cm³/mol. The third kappa shape index (κ3) is 6.81. The molecule has 0 aliphatic heterocycles. The van der Waals surface area contributed by atoms with Gasteiger partial charge in [-0.1, -0.05) is 35.9 Å². The molecule has 0 heterocycles. The normalized spacial score (nSPS) is 10.8. The molecule has 0 fully saturated rings. The first-order valence-electron chi connectivity index (χ1n) is 9.39. The third-order valence-electron chi connectivity index (χ3n) is 4.13. The number of hydrogen-bond donors (Lipinski definition) is 1. The number of carbonyl (C=O) groups excluding carboxylic acids is 1. The molecule has 0 saturated carbocycles. The SMILES string of the molecule is CCOc1cc(/C=N\NC(=O)c2cccc(I)c2)cc(I)c1OCc1ccccc1Cl. The van der Waals surface area contributed by atoms with E-state index in [4.69, 9.17) is 21.1 Å². The summed E-state index contributed by atoms with van der Waals surface area (Å²) in [6.07, 6.45) is 1.58. The zero-order valence-corrected chi connectivity index (χ0v) is 21.6. The van der Waals surface area contributed by atoms with Crippen LogP contribution in [0.2, 0.25) is 5.02 Å². The summed E-state index contributed by atoms with van der Waals surface area (Å²) in [5, 5.41) is 4.74. The summed E-state index contributed by atoms with van der Waals surface area (Å²) in [4.78, 5) is 12.2. The first kappa shape index (κ1) is 23.8. The summed E-state index contributed by atoms with van der Waals surface area (Å²) in [6.45, 7) is 2.73. The highest BCUT2D eigenvalue weighted by atomic mass is 127. The summed E-state index contributed by atoms with van der Waals surface area (Å²) in [7, 11) is 0. The molecule has 8 heteroatoms. The number of carbonyl (C=O) groups is 1. The molecule has 3 aromatic rings. The van der Waals surface area contributed by atoms with Crippen molar-refractivity contribution in [3.8, 4) is 11.5 Å². The lowest BCUT2D eigenvalue weighted by Gasteiger charge is -2.15. The van der Waals surface area contributed by atoms with Crippen LogP contribution in [0.15, 0.2) is 65.8 Å². The monoisotopic (exact) mass is 660 g/mol. The Labute approximate surface area is 213 Å². The van der Waals surface area contributed by atoms with Crippen LogP contribution in [0.4, 0.5) is 0 Å². The molecule has 0 spiro atoms. The fourth-order valence-corrected chi connectivity index (χ4v) is 4.21. The fraction of sp³-hybridized carbons (Fsp3) is 0.130. The molecule has 1 N–H and O–H groups in total. The van der Waals surface area contributed by atoms with Gasteiger partial charge in [0.2, 0.25) is 0 Å². The summed E-state index contributed by atoms with van der Waals surface area (Å²) in [5.74, 6) is 0.975. The molecule has 0 unspecified atom stereocenters. The summed E-state index contributed by atoms with van der Waals surface area (Å²) >= 11 is 10.6. The molecule has 0 bridgehead atoms. The van der Waals surface area contributed by atoms with E-state index in [9.17, 15) is 4.79 Å². The van der Waals surface area contributed by atoms with Crippen molar-refractivity contribution in [1.29, 1.82) is 0 Å². The standard InChI is InChI=1S/C23H19ClI2N2O3/c1-2-30-21-11-15(13-27-28-23(29)16-7-5-8-18(25)12-16)10-20(26)22(21)31-14-17-6-3-4-9-19(17)24/h3-13H,2,14H2,1H3,(H,28,29)/b27-13-. The second-order valence-corrected chi connectivity index (χ2v) is 9.17. The molecule has 5 nitrogen and oxygen atoms in total. The van der Waals surface area contributed by atoms with E-state index in [-0.39, 0.29) is 5.91 Å². The van der Waals surface area contributed by atoms with Crippen LogP contribution < -0.4 is 14.9 Å². The van der Waals surface area contributed by atoms with Gasteiger partial charge >= 0.3 is 0 Å². The van der Waals surface area contributed by atoms with Gasteiger partial charge in [0.15, 0.2) is 11.5 Å². The Bertz CT molecular complexity index is 1110. The number of rotatable bonds is 8. The highest BCUT2D eigenvalue weighted by Crippen LogP contribution is 2.35. The van der Waals surface area contributed by atoms with Gasteiger partial charge in [-0.05, 0) is 94.1 Å². The quantitative estimate of drug-likeness (QED) is 0.176. The van der Waals surface area contributed by atoms with Crippen molar-refractivity contribution in [1.82, 2.24) is 5.43 Å². The minimum atomic E-state index is -0.269. The Morgan fingerprint density at radius 1 is 1.10 bits per heavy atom. The zero-order chi connectivity index (χ0) is 22.2. The highest BCUT2D eigenvalue weighted by molar-refractivity contribution is 14.1. The zero-order valence-electron chi connectivity index (χ0n) is 16.6. The fourth-order valence-electron chi connectivity index (χ4n) is 2.69. The molecule has 0 aliphatic carbocycles. The van der Waals surface area contributed by atoms with E-state index in [0.717, 1.165) is 18.3 Å². The lowest BCUT2D eigenvalue weighted by atomic mass is 10.2. The molecule has 3 rings (SSSR count). The molecule has 0 aliphatic rings. The van der Waals surface area contributed by atoms with E-state index in [1.807, 2.05) is 55.5 Å². The molecule has 0 saturated heterocycles. The summed E-state index contributed by atoms with van der Waals surface area (Å²) in [6, 6.07) is 18.6. The number of hydrazone groups is 1. The van der Waals surface area contributed by atoms with E-state index in [2.05, 4.69) is 55.7 Å². The molecule has 0 aromatic heterocycles. The molecule has 3 aromatic carbocycles. The van der Waals surface area contributed by atoms with Gasteiger partial charge in [-0.25, -0.2) is 5.43 Å². The summed E-state index contributed by atoms with van der Waals surface area (Å²) in [5.41, 5.74) is 4.78. The van der Waals surface area contributed by atoms with Crippen molar-refractivity contribution in [2.45, 2.75) is 13.5 Å². The lowest BCUT2D eigenvalue weighted by Crippen LogP contribution is -2.17. The van der Waals surface area contributed by atoms with Crippen molar-refractivity contribution in [3.63, 3.8) is 0 Å². The number of amides is 1. The van der Waals surface area contributed by atoms with Crippen LogP contribution in [-0.4, -0.2) is 18.7 Å². The van der Waals surface area contributed by atoms with Gasteiger partial charge in [-0.2, -0.15) is 5.10 Å². The maximum absolute atomic E-state index is 12.2. The van der Waals surface area contributed by atoms with Gasteiger partial charge in [-0.3, -0.25) is 4.79 Å². The molecular weight excluding hydrogens is 642 g/mol. The Morgan fingerprint density at radius 3 is 2.65 bits per heavy atom. The third-order valence-corrected chi connectivity index (χ3v) is 5.97. The van der Waals surface area contributed by atoms with Crippen LogP contribution >= 0.6 is 56.8 Å². The maximum atomic E-state index is 12.2. The van der Waals surface area contributed by atoms with Crippen molar-refractivity contribution in [2.24, 2.45) is 5.10 Å². The average molecular weight is 661 g/mol. The van der Waals surface area contributed by atoms with E-state index in [0.29, 0.717) is 35.3 Å². The van der Waals surface area contributed by atoms with Crippen molar-refractivity contribution >= 4 is 68.9 Å². The van der Waals surface area contributed by atoms with E-state index < -0.39 is 0 Å². The Kier molecular flexibility index (Phi) is 8.97. The topological polar surface area (TPSA) is 59.9 Å². The van der Waals surface area contributed by atoms with Crippen molar-refractivity contribution in [3.05, 3.63) is 89.5 Å². The average Bonchev–Trinajstić information content (AvgIpc) is 2.74. The minimum Gasteiger partial charge on any atom is -0.490 e. The largest absolute Gasteiger partial charge is 0.490 e. The van der Waals surface area contributed by atoms with Crippen LogP contribution in [-0.2, 0) is 6.61 Å². The van der Waals surface area contributed by atoms with Gasteiger partial charge in [0, 0.05) is 19.7 Å². The number of nitrogens with zero attached hydrogens (tertiary/aromatic N) is 1. The van der Waals surface area contributed by atoms with Crippen LogP contribution in [0.25, 0.3) is 0 Å². The number of hydrogen-bond acceptors (Lipinski definition) is 4. The Hall–Kier alpha value is -1.85. The van der Waals surface area contributed by atoms with Gasteiger partial charge in [0.1, 0.15) is 6.61 Å². The number of nitrogens with one attached hydrogen (secondary N) is 1. The first-order valence-corrected chi connectivity index (χ1v) is 11.9. The van der Waals surface area contributed by atoms with Crippen LogP contribution in [0.1, 0.15) is 28.4 Å². The van der Waals surface area contributed by atoms with Gasteiger partial charge in [0.25, 0.3) is 5.91 Å². The molecular formula is C23H19ClI2N2O3. The highest BCUT2D eigenvalue weighted by Gasteiger charge is 2.13. The maximum Gasteiger partial charge on any atom is 0.271 e. The number of ether oxygens (including phenoxy) is 2. The minimum absolute atomic E-state index is 0.269. The molecule has 0 atom stereocenters. The Morgan fingerprint density at radius 2 is 1.90 bits per heavy atom. The van der Waals surface area contributed by atoms with E-state index >= 15 is 0 Å². The van der Waals surface area contributed by atoms with Crippen LogP contribution in [0.3, 0.4) is 0 Å². The van der Waals surface area contributed by atoms with Crippen LogP contribution in [0, 0.1) is 7.14 Å². The number of halogens is 3. The van der Waals surface area contributed by atoms with Crippen LogP contribution in [0.5, 0.6) is 11.5 Å². The second-order valence-electron chi connectivity index (χ2n) is 6.35. The van der Waals surface area contributed by atoms with Crippen molar-refractivity contribution in [2.75, 3.05) is 6.61 Å². The van der Waals surface area contributed by atoms with E-state index in [1.54, 1.807) is 18.3 Å². The predicted octanol–water partition coefficient (Wildman–Crippen LogP) is 6.29. The summed E-state index contributed by atoms with van der Waals surface area (Å²) < 4.78 is 13.6. The lowest BCUT2D eigenvalue weighted by molar-refractivity contribution is 0.0955. The van der Waals surface area contributed by atoms with Gasteiger partial charge in [0.05, 0.1) is 16.4 Å². The second kappa shape index (κ2) is 11.7. The first-order chi connectivity index (χ1) is 15.0.